The fourth-order valence-corrected chi connectivity index (χ4v) is 2.09. The molecule has 15 heavy (non-hydrogen) atoms. The topological polar surface area (TPSA) is 104 Å². The summed E-state index contributed by atoms with van der Waals surface area (Å²) in [6.07, 6.45) is -1.31. The predicted octanol–water partition coefficient (Wildman–Crippen LogP) is -2.35. The van der Waals surface area contributed by atoms with Crippen molar-refractivity contribution in [3.8, 4) is 0 Å². The van der Waals surface area contributed by atoms with Crippen LogP contribution >= 0.6 is 11.8 Å². The molecule has 0 aromatic heterocycles. The van der Waals surface area contributed by atoms with Crippen LogP contribution in [0.3, 0.4) is 0 Å². The van der Waals surface area contributed by atoms with E-state index in [1.807, 2.05) is 0 Å². The summed E-state index contributed by atoms with van der Waals surface area (Å²) in [5, 5.41) is 14.6. The number of carbonyl (C=O) groups is 2. The van der Waals surface area contributed by atoms with Crippen LogP contribution < -0.4 is 16.4 Å². The normalized spacial score (nSPS) is 23.1. The molecule has 0 saturated carbocycles. The molecule has 1 saturated heterocycles. The lowest BCUT2D eigenvalue weighted by Gasteiger charge is -2.22. The maximum Gasteiger partial charge on any atom is 0.248 e. The summed E-state index contributed by atoms with van der Waals surface area (Å²) >= 11 is 1.69. The van der Waals surface area contributed by atoms with Gasteiger partial charge in [0.25, 0.3) is 0 Å². The highest BCUT2D eigenvalue weighted by atomic mass is 32.2. The molecule has 5 N–H and O–H groups in total. The molecule has 6 nitrogen and oxygen atoms in total. The number of thioether (sulfide) groups is 1. The van der Waals surface area contributed by atoms with Crippen molar-refractivity contribution in [3.05, 3.63) is 0 Å². The van der Waals surface area contributed by atoms with Gasteiger partial charge in [0.2, 0.25) is 11.8 Å². The van der Waals surface area contributed by atoms with Gasteiger partial charge >= 0.3 is 0 Å². The van der Waals surface area contributed by atoms with Crippen molar-refractivity contribution in [3.63, 3.8) is 0 Å². The number of hydrogen-bond acceptors (Lipinski definition) is 5. The van der Waals surface area contributed by atoms with E-state index in [2.05, 4.69) is 10.6 Å². The molecule has 0 bridgehead atoms. The third-order valence-electron chi connectivity index (χ3n) is 2.04. The van der Waals surface area contributed by atoms with Gasteiger partial charge in [0.1, 0.15) is 6.10 Å². The summed E-state index contributed by atoms with van der Waals surface area (Å²) in [5.41, 5.74) is 4.84. The third-order valence-corrected chi connectivity index (χ3v) is 3.10. The van der Waals surface area contributed by atoms with E-state index in [-0.39, 0.29) is 18.5 Å². The van der Waals surface area contributed by atoms with Gasteiger partial charge in [-0.1, -0.05) is 0 Å². The van der Waals surface area contributed by atoms with E-state index >= 15 is 0 Å². The van der Waals surface area contributed by atoms with Gasteiger partial charge < -0.3 is 21.5 Å². The lowest BCUT2D eigenvalue weighted by atomic mass is 10.3. The Labute approximate surface area is 92.0 Å². The molecule has 7 heteroatoms. The second-order valence-corrected chi connectivity index (χ2v) is 4.39. The number of hydrogen-bond donors (Lipinski definition) is 4. The lowest BCUT2D eigenvalue weighted by Crippen LogP contribution is -2.51. The van der Waals surface area contributed by atoms with Crippen molar-refractivity contribution in [2.75, 3.05) is 24.6 Å². The molecule has 0 spiro atoms. The number of nitrogens with one attached hydrogen (secondary N) is 2. The minimum atomic E-state index is -1.31. The van der Waals surface area contributed by atoms with Crippen LogP contribution in [-0.2, 0) is 9.59 Å². The molecular formula is C8H15N3O3S. The van der Waals surface area contributed by atoms with Crippen LogP contribution in [0.1, 0.15) is 0 Å². The molecule has 2 unspecified atom stereocenters. The van der Waals surface area contributed by atoms with E-state index in [4.69, 9.17) is 10.8 Å². The van der Waals surface area contributed by atoms with Gasteiger partial charge in [-0.2, -0.15) is 11.8 Å². The Balaban J connectivity index is 2.25. The molecule has 0 aromatic rings. The Bertz CT molecular complexity index is 243. The van der Waals surface area contributed by atoms with Gasteiger partial charge in [0, 0.05) is 18.1 Å². The molecule has 1 heterocycles. The molecule has 0 radical (unpaired) electrons. The van der Waals surface area contributed by atoms with Crippen molar-refractivity contribution < 1.29 is 14.7 Å². The summed E-state index contributed by atoms with van der Waals surface area (Å²) in [6.45, 7) is 0.665. The van der Waals surface area contributed by atoms with Gasteiger partial charge in [-0.05, 0) is 0 Å². The number of primary amides is 1. The second-order valence-electron chi connectivity index (χ2n) is 3.24. The van der Waals surface area contributed by atoms with E-state index in [0.717, 1.165) is 12.3 Å². The molecule has 0 aromatic carbocycles. The number of aliphatic hydroxyl groups excluding tert-OH is 1. The van der Waals surface area contributed by atoms with Gasteiger partial charge in [-0.25, -0.2) is 0 Å². The van der Waals surface area contributed by atoms with E-state index in [0.29, 0.717) is 5.75 Å². The average Bonchev–Trinajstić information content (AvgIpc) is 2.26. The molecule has 2 amide bonds. The van der Waals surface area contributed by atoms with E-state index in [1.54, 1.807) is 11.8 Å². The van der Waals surface area contributed by atoms with Gasteiger partial charge in [-0.3, -0.25) is 9.59 Å². The SMILES string of the molecule is NC(=O)C(O)CNC(=O)C1CSCCN1. The summed E-state index contributed by atoms with van der Waals surface area (Å²) in [6, 6.07) is -0.246. The Hall–Kier alpha value is -0.790. The minimum absolute atomic E-state index is 0.128. The third kappa shape index (κ3) is 4.06. The first-order chi connectivity index (χ1) is 7.11. The first-order valence-corrected chi connectivity index (χ1v) is 5.83. The highest BCUT2D eigenvalue weighted by Gasteiger charge is 2.21. The zero-order valence-electron chi connectivity index (χ0n) is 8.23. The molecule has 86 valence electrons. The molecule has 1 fully saturated rings. The van der Waals surface area contributed by atoms with Crippen molar-refractivity contribution in [2.24, 2.45) is 5.73 Å². The maximum atomic E-state index is 11.5. The van der Waals surface area contributed by atoms with Crippen molar-refractivity contribution in [1.29, 1.82) is 0 Å². The summed E-state index contributed by atoms with van der Waals surface area (Å²) in [4.78, 5) is 22.0. The lowest BCUT2D eigenvalue weighted by molar-refractivity contribution is -0.127. The minimum Gasteiger partial charge on any atom is -0.381 e. The summed E-state index contributed by atoms with van der Waals surface area (Å²) in [5.74, 6) is 0.662. The predicted molar refractivity (Wildman–Crippen MR) is 57.3 cm³/mol. The highest BCUT2D eigenvalue weighted by molar-refractivity contribution is 7.99. The molecule has 1 rings (SSSR count). The molecular weight excluding hydrogens is 218 g/mol. The van der Waals surface area contributed by atoms with Gasteiger partial charge in [-0.15, -0.1) is 0 Å². The second kappa shape index (κ2) is 5.94. The first kappa shape index (κ1) is 12.3. The van der Waals surface area contributed by atoms with Crippen LogP contribution in [0.4, 0.5) is 0 Å². The average molecular weight is 233 g/mol. The van der Waals surface area contributed by atoms with E-state index in [9.17, 15) is 9.59 Å². The zero-order valence-corrected chi connectivity index (χ0v) is 9.05. The van der Waals surface area contributed by atoms with E-state index in [1.165, 1.54) is 0 Å². The summed E-state index contributed by atoms with van der Waals surface area (Å²) < 4.78 is 0. The van der Waals surface area contributed by atoms with Crippen LogP contribution in [-0.4, -0.2) is 53.7 Å². The zero-order chi connectivity index (χ0) is 11.3. The number of amides is 2. The van der Waals surface area contributed by atoms with Gasteiger partial charge in [0.05, 0.1) is 12.6 Å². The van der Waals surface area contributed by atoms with Crippen LogP contribution in [0, 0.1) is 0 Å². The fourth-order valence-electron chi connectivity index (χ4n) is 1.15. The maximum absolute atomic E-state index is 11.5. The van der Waals surface area contributed by atoms with Crippen LogP contribution in [0.5, 0.6) is 0 Å². The molecule has 0 aliphatic carbocycles. The summed E-state index contributed by atoms with van der Waals surface area (Å²) in [7, 11) is 0. The smallest absolute Gasteiger partial charge is 0.248 e. The highest BCUT2D eigenvalue weighted by Crippen LogP contribution is 2.07. The number of aliphatic hydroxyl groups is 1. The van der Waals surface area contributed by atoms with Crippen molar-refractivity contribution >= 4 is 23.6 Å². The molecule has 1 aliphatic rings. The van der Waals surface area contributed by atoms with Gasteiger partial charge in [0.15, 0.2) is 0 Å². The quantitative estimate of drug-likeness (QED) is 0.435. The number of rotatable bonds is 4. The largest absolute Gasteiger partial charge is 0.381 e. The van der Waals surface area contributed by atoms with Crippen molar-refractivity contribution in [2.45, 2.75) is 12.1 Å². The van der Waals surface area contributed by atoms with Crippen LogP contribution in [0.15, 0.2) is 0 Å². The van der Waals surface area contributed by atoms with E-state index < -0.39 is 12.0 Å². The standard InChI is InChI=1S/C8H15N3O3S/c9-7(13)6(12)3-11-8(14)5-4-15-2-1-10-5/h5-6,10,12H,1-4H2,(H2,9,13)(H,11,14). The molecule has 1 aliphatic heterocycles. The number of nitrogens with two attached hydrogens (primary N) is 1. The first-order valence-electron chi connectivity index (χ1n) is 4.67. The molecule has 2 atom stereocenters. The monoisotopic (exact) mass is 233 g/mol. The Morgan fingerprint density at radius 2 is 2.40 bits per heavy atom. The van der Waals surface area contributed by atoms with Crippen LogP contribution in [0.2, 0.25) is 0 Å². The Morgan fingerprint density at radius 1 is 1.67 bits per heavy atom. The Morgan fingerprint density at radius 3 is 2.93 bits per heavy atom. The Kier molecular flexibility index (Phi) is 4.86. The van der Waals surface area contributed by atoms with Crippen molar-refractivity contribution in [1.82, 2.24) is 10.6 Å². The van der Waals surface area contributed by atoms with Crippen LogP contribution in [0.25, 0.3) is 0 Å². The fraction of sp³-hybridized carbons (Fsp3) is 0.750. The number of carbonyl (C=O) groups excluding carboxylic acids is 2.